The van der Waals surface area contributed by atoms with E-state index in [4.69, 9.17) is 8.23 Å². The quantitative estimate of drug-likeness (QED) is 0.515. The summed E-state index contributed by atoms with van der Waals surface area (Å²) in [6.07, 6.45) is 0. The van der Waals surface area contributed by atoms with E-state index in [1.807, 2.05) is 0 Å². The van der Waals surface area contributed by atoms with Crippen LogP contribution in [-0.4, -0.2) is 36.9 Å². The molecule has 0 aliphatic heterocycles. The summed E-state index contributed by atoms with van der Waals surface area (Å²) >= 11 is 0. The van der Waals surface area contributed by atoms with Crippen LogP contribution < -0.4 is 0 Å². The molecular weight excluding hydrogens is 228 g/mol. The Bertz CT molecular complexity index is 144. The van der Waals surface area contributed by atoms with Crippen molar-refractivity contribution in [3.63, 3.8) is 0 Å². The average Bonchev–Trinajstić information content (AvgIpc) is 1.97. The molecule has 0 aliphatic rings. The van der Waals surface area contributed by atoms with Gasteiger partial charge in [-0.2, -0.15) is 0 Å². The summed E-state index contributed by atoms with van der Waals surface area (Å²) in [5, 5.41) is 0. The Morgan fingerprint density at radius 2 is 1.69 bits per heavy atom. The van der Waals surface area contributed by atoms with Gasteiger partial charge in [-0.1, -0.05) is 0 Å². The van der Waals surface area contributed by atoms with Crippen molar-refractivity contribution in [2.24, 2.45) is 0 Å². The van der Waals surface area contributed by atoms with Crippen LogP contribution in [0.3, 0.4) is 0 Å². The van der Waals surface area contributed by atoms with Gasteiger partial charge < -0.3 is 8.23 Å². The van der Waals surface area contributed by atoms with Crippen LogP contribution in [0.25, 0.3) is 0 Å². The SMILES string of the molecule is C[Si](C)(C)O[SiH2]CC[Si](C)(C)O[SiH3]. The number of hydrogen-bond donors (Lipinski definition) is 0. The second-order valence-electron chi connectivity index (χ2n) is 5.03. The minimum Gasteiger partial charge on any atom is -0.463 e. The van der Waals surface area contributed by atoms with Crippen LogP contribution in [0, 0.1) is 0 Å². The van der Waals surface area contributed by atoms with E-state index < -0.39 is 16.6 Å². The Hall–Kier alpha value is 0.788. The van der Waals surface area contributed by atoms with Gasteiger partial charge in [0.15, 0.2) is 16.6 Å². The molecule has 0 saturated heterocycles. The molecule has 0 N–H and O–H groups in total. The molecule has 0 aromatic heterocycles. The van der Waals surface area contributed by atoms with E-state index in [0.717, 1.165) is 10.5 Å². The first-order chi connectivity index (χ1) is 5.77. The van der Waals surface area contributed by atoms with Gasteiger partial charge in [0, 0.05) is 0 Å². The second kappa shape index (κ2) is 5.62. The van der Waals surface area contributed by atoms with Crippen LogP contribution in [0.1, 0.15) is 0 Å². The van der Waals surface area contributed by atoms with E-state index in [0.29, 0.717) is 0 Å². The monoisotopic (exact) mass is 252 g/mol. The predicted octanol–water partition coefficient (Wildman–Crippen LogP) is 0.842. The third kappa shape index (κ3) is 9.10. The third-order valence-corrected chi connectivity index (χ3v) is 13.6. The van der Waals surface area contributed by atoms with Crippen LogP contribution >= 0.6 is 0 Å². The molecule has 0 heterocycles. The molecule has 0 saturated carbocycles. The van der Waals surface area contributed by atoms with E-state index >= 15 is 0 Å². The van der Waals surface area contributed by atoms with Crippen molar-refractivity contribution in [3.8, 4) is 0 Å². The normalized spacial score (nSPS) is 14.5. The molecule has 0 aromatic rings. The van der Waals surface area contributed by atoms with Gasteiger partial charge in [-0.05, 0) is 44.8 Å². The average molecular weight is 253 g/mol. The molecule has 0 aliphatic carbocycles. The first-order valence-corrected chi connectivity index (χ1v) is 13.9. The summed E-state index contributed by atoms with van der Waals surface area (Å²) in [6.45, 7) is 11.4. The van der Waals surface area contributed by atoms with Crippen LogP contribution in [-0.2, 0) is 8.23 Å². The fraction of sp³-hybridized carbons (Fsp3) is 1.00. The van der Waals surface area contributed by atoms with Crippen molar-refractivity contribution in [2.75, 3.05) is 0 Å². The molecule has 0 unspecified atom stereocenters. The molecule has 0 bridgehead atoms. The molecule has 0 amide bonds. The van der Waals surface area contributed by atoms with E-state index in [2.05, 4.69) is 32.7 Å². The molecule has 0 spiro atoms. The van der Waals surface area contributed by atoms with Gasteiger partial charge in [0.1, 0.15) is 20.2 Å². The second-order valence-corrected chi connectivity index (χ2v) is 17.2. The van der Waals surface area contributed by atoms with Crippen molar-refractivity contribution < 1.29 is 8.23 Å². The Kier molecular flexibility index (Phi) is 5.96. The summed E-state index contributed by atoms with van der Waals surface area (Å²) in [5.74, 6) is 0. The molecule has 0 fully saturated rings. The molecule has 80 valence electrons. The smallest absolute Gasteiger partial charge is 0.172 e. The lowest BCUT2D eigenvalue weighted by Crippen LogP contribution is -2.31. The lowest BCUT2D eigenvalue weighted by Gasteiger charge is -2.22. The highest BCUT2D eigenvalue weighted by Crippen LogP contribution is 2.13. The minimum absolute atomic E-state index is 0.250. The maximum absolute atomic E-state index is 5.93. The van der Waals surface area contributed by atoms with Crippen molar-refractivity contribution >= 4 is 36.9 Å². The van der Waals surface area contributed by atoms with E-state index in [1.165, 1.54) is 12.1 Å². The Labute approximate surface area is 90.2 Å². The lowest BCUT2D eigenvalue weighted by molar-refractivity contribution is 0.586. The Balaban J connectivity index is 3.47. The largest absolute Gasteiger partial charge is 0.463 e. The highest BCUT2D eigenvalue weighted by atomic mass is 28.4. The zero-order valence-corrected chi connectivity index (χ0v) is 15.4. The van der Waals surface area contributed by atoms with E-state index in [1.54, 1.807) is 0 Å². The van der Waals surface area contributed by atoms with Crippen LogP contribution in [0.5, 0.6) is 0 Å². The highest BCUT2D eigenvalue weighted by molar-refractivity contribution is 6.76. The molecular formula is C7H24O2Si4. The topological polar surface area (TPSA) is 18.5 Å². The maximum atomic E-state index is 5.93. The lowest BCUT2D eigenvalue weighted by atomic mass is 10.9. The van der Waals surface area contributed by atoms with Crippen LogP contribution in [0.4, 0.5) is 0 Å². The summed E-state index contributed by atoms with van der Waals surface area (Å²) < 4.78 is 11.6. The molecule has 0 radical (unpaired) electrons. The van der Waals surface area contributed by atoms with Gasteiger partial charge >= 0.3 is 0 Å². The zero-order valence-electron chi connectivity index (χ0n) is 9.94. The van der Waals surface area contributed by atoms with Crippen molar-refractivity contribution in [2.45, 2.75) is 44.8 Å². The number of hydrogen-bond acceptors (Lipinski definition) is 2. The molecule has 0 atom stereocenters. The summed E-state index contributed by atoms with van der Waals surface area (Å²) in [4.78, 5) is 0. The zero-order chi connectivity index (χ0) is 10.5. The minimum atomic E-state index is -1.24. The van der Waals surface area contributed by atoms with Crippen LogP contribution in [0.15, 0.2) is 0 Å². The van der Waals surface area contributed by atoms with Crippen molar-refractivity contribution in [1.29, 1.82) is 0 Å². The molecule has 6 heteroatoms. The van der Waals surface area contributed by atoms with Gasteiger partial charge in [-0.25, -0.2) is 0 Å². The summed E-state index contributed by atoms with van der Waals surface area (Å²) in [5.41, 5.74) is 0. The van der Waals surface area contributed by atoms with Gasteiger partial charge in [-0.15, -0.1) is 0 Å². The standard InChI is InChI=1S/C7H24O2Si4/c1-12(2,3)9-11-6-7-13(4,5)8-10/h6-7,11H2,1-5,10H3. The number of rotatable bonds is 6. The van der Waals surface area contributed by atoms with Crippen molar-refractivity contribution in [3.05, 3.63) is 0 Å². The maximum Gasteiger partial charge on any atom is 0.172 e. The fourth-order valence-corrected chi connectivity index (χ4v) is 8.80. The Morgan fingerprint density at radius 3 is 2.08 bits per heavy atom. The molecule has 0 aromatic carbocycles. The van der Waals surface area contributed by atoms with E-state index in [9.17, 15) is 0 Å². The van der Waals surface area contributed by atoms with Crippen molar-refractivity contribution in [1.82, 2.24) is 0 Å². The Morgan fingerprint density at radius 1 is 1.15 bits per heavy atom. The molecule has 0 rings (SSSR count). The molecule has 13 heavy (non-hydrogen) atoms. The molecule has 2 nitrogen and oxygen atoms in total. The highest BCUT2D eigenvalue weighted by Gasteiger charge is 2.20. The predicted molar refractivity (Wildman–Crippen MR) is 71.1 cm³/mol. The van der Waals surface area contributed by atoms with Gasteiger partial charge in [-0.3, -0.25) is 0 Å². The van der Waals surface area contributed by atoms with Gasteiger partial charge in [0.25, 0.3) is 0 Å². The first kappa shape index (κ1) is 13.8. The van der Waals surface area contributed by atoms with E-state index in [-0.39, 0.29) is 9.76 Å². The summed E-state index contributed by atoms with van der Waals surface area (Å²) in [6, 6.07) is 2.61. The first-order valence-electron chi connectivity index (χ1n) is 4.96. The summed E-state index contributed by atoms with van der Waals surface area (Å²) in [7, 11) is -1.81. The fourth-order valence-electron chi connectivity index (χ4n) is 0.978. The van der Waals surface area contributed by atoms with Crippen LogP contribution in [0.2, 0.25) is 44.8 Å². The van der Waals surface area contributed by atoms with Gasteiger partial charge in [0.2, 0.25) is 0 Å². The van der Waals surface area contributed by atoms with Gasteiger partial charge in [0.05, 0.1) is 0 Å². The third-order valence-electron chi connectivity index (χ3n) is 2.01.